The summed E-state index contributed by atoms with van der Waals surface area (Å²) in [5.74, 6) is 0. The van der Waals surface area contributed by atoms with Crippen molar-refractivity contribution in [3.8, 4) is 0 Å². The van der Waals surface area contributed by atoms with E-state index in [2.05, 4.69) is 87.9 Å². The van der Waals surface area contributed by atoms with E-state index in [-0.39, 0.29) is 37.7 Å². The first-order chi connectivity index (χ1) is 10.2. The van der Waals surface area contributed by atoms with Gasteiger partial charge in [0.2, 0.25) is 0 Å². The Balaban J connectivity index is -0.000000333. The van der Waals surface area contributed by atoms with E-state index in [1.807, 2.05) is 13.8 Å². The quantitative estimate of drug-likeness (QED) is 0.220. The van der Waals surface area contributed by atoms with E-state index in [4.69, 9.17) is 0 Å². The van der Waals surface area contributed by atoms with Crippen LogP contribution in [0.5, 0.6) is 0 Å². The zero-order chi connectivity index (χ0) is 17.7. The molecule has 5 heteroatoms. The SMILES string of the molecule is CCN=[C-]N(C(C)C)C(C)C.CCN=[C-]N(C(C)C)C(C)C.[Ca+2]. The summed E-state index contributed by atoms with van der Waals surface area (Å²) in [6.45, 7) is 22.9. The Morgan fingerprint density at radius 3 is 0.957 bits per heavy atom. The number of rotatable bonds is 8. The van der Waals surface area contributed by atoms with E-state index in [0.29, 0.717) is 24.2 Å². The summed E-state index contributed by atoms with van der Waals surface area (Å²) in [5, 5.41) is 0. The molecule has 0 saturated carbocycles. The molecule has 0 aliphatic rings. The fourth-order valence-electron chi connectivity index (χ4n) is 1.96. The standard InChI is InChI=1S/2C9H19N2.Ca/c2*1-6-10-7-11(8(2)3)9(4)5;/h2*8-9H,6H2,1-5H3;/q2*-1;+2. The predicted molar refractivity (Wildman–Crippen MR) is 106 cm³/mol. The first-order valence-electron chi connectivity index (χ1n) is 8.59. The van der Waals surface area contributed by atoms with Gasteiger partial charge in [0.15, 0.2) is 0 Å². The smallest absolute Gasteiger partial charge is 0.533 e. The van der Waals surface area contributed by atoms with Crippen molar-refractivity contribution in [3.63, 3.8) is 0 Å². The molecule has 0 spiro atoms. The van der Waals surface area contributed by atoms with Gasteiger partial charge in [0.1, 0.15) is 0 Å². The van der Waals surface area contributed by atoms with Crippen molar-refractivity contribution in [1.29, 1.82) is 0 Å². The normalized spacial score (nSPS) is 11.4. The fourth-order valence-corrected chi connectivity index (χ4v) is 1.96. The van der Waals surface area contributed by atoms with Gasteiger partial charge in [0.05, 0.1) is 0 Å². The second kappa shape index (κ2) is 17.0. The van der Waals surface area contributed by atoms with Crippen LogP contribution in [0.15, 0.2) is 9.98 Å². The molecule has 0 amide bonds. The largest absolute Gasteiger partial charge is 2.00 e. The molecule has 0 saturated heterocycles. The Hall–Kier alpha value is 0.200. The Bertz CT molecular complexity index is 253. The van der Waals surface area contributed by atoms with Crippen LogP contribution in [-0.2, 0) is 0 Å². The van der Waals surface area contributed by atoms with Gasteiger partial charge >= 0.3 is 37.7 Å². The predicted octanol–water partition coefficient (Wildman–Crippen LogP) is 3.68. The summed E-state index contributed by atoms with van der Waals surface area (Å²) in [5.41, 5.74) is 0. The molecule has 0 aliphatic heterocycles. The van der Waals surface area contributed by atoms with Crippen LogP contribution in [0, 0.1) is 0 Å². The zero-order valence-corrected chi connectivity index (χ0v) is 19.4. The summed E-state index contributed by atoms with van der Waals surface area (Å²) in [6.07, 6.45) is 6.05. The molecule has 4 nitrogen and oxygen atoms in total. The summed E-state index contributed by atoms with van der Waals surface area (Å²) in [6, 6.07) is 1.96. The minimum Gasteiger partial charge on any atom is -0.533 e. The molecule has 0 radical (unpaired) electrons. The van der Waals surface area contributed by atoms with E-state index in [1.165, 1.54) is 0 Å². The molecule has 0 rings (SSSR count). The van der Waals surface area contributed by atoms with E-state index in [9.17, 15) is 0 Å². The molecule has 0 bridgehead atoms. The van der Waals surface area contributed by atoms with Crippen LogP contribution in [0.3, 0.4) is 0 Å². The van der Waals surface area contributed by atoms with Crippen molar-refractivity contribution in [2.75, 3.05) is 13.1 Å². The van der Waals surface area contributed by atoms with Gasteiger partial charge in [0.25, 0.3) is 0 Å². The van der Waals surface area contributed by atoms with Crippen molar-refractivity contribution in [2.45, 2.75) is 93.4 Å². The summed E-state index contributed by atoms with van der Waals surface area (Å²) in [4.78, 5) is 12.4. The van der Waals surface area contributed by atoms with Crippen LogP contribution in [-0.4, -0.2) is 97.5 Å². The van der Waals surface area contributed by atoms with Crippen molar-refractivity contribution >= 4 is 50.4 Å². The molecular formula is C18H38CaN4. The zero-order valence-electron chi connectivity index (χ0n) is 17.2. The van der Waals surface area contributed by atoms with Crippen LogP contribution in [0.1, 0.15) is 69.2 Å². The Kier molecular flexibility index (Phi) is 20.8. The van der Waals surface area contributed by atoms with Crippen LogP contribution >= 0.6 is 0 Å². The van der Waals surface area contributed by atoms with Gasteiger partial charge in [-0.3, -0.25) is 12.7 Å². The number of hydrogen-bond acceptors (Lipinski definition) is 2. The van der Waals surface area contributed by atoms with E-state index in [0.717, 1.165) is 13.1 Å². The molecule has 23 heavy (non-hydrogen) atoms. The van der Waals surface area contributed by atoms with Crippen molar-refractivity contribution in [3.05, 3.63) is 0 Å². The molecule has 0 fully saturated rings. The van der Waals surface area contributed by atoms with Crippen molar-refractivity contribution in [2.24, 2.45) is 9.98 Å². The van der Waals surface area contributed by atoms with Crippen molar-refractivity contribution < 1.29 is 0 Å². The fraction of sp³-hybridized carbons (Fsp3) is 0.889. The van der Waals surface area contributed by atoms with Gasteiger partial charge in [0, 0.05) is 0 Å². The first-order valence-corrected chi connectivity index (χ1v) is 8.59. The van der Waals surface area contributed by atoms with E-state index < -0.39 is 0 Å². The molecule has 0 aromatic rings. The molecule has 0 aliphatic carbocycles. The molecule has 0 heterocycles. The van der Waals surface area contributed by atoms with Crippen LogP contribution in [0.25, 0.3) is 0 Å². The van der Waals surface area contributed by atoms with Gasteiger partial charge in [-0.15, -0.1) is 0 Å². The summed E-state index contributed by atoms with van der Waals surface area (Å²) < 4.78 is 0. The monoisotopic (exact) mass is 350 g/mol. The topological polar surface area (TPSA) is 31.2 Å². The minimum absolute atomic E-state index is 0. The molecule has 0 N–H and O–H groups in total. The van der Waals surface area contributed by atoms with Gasteiger partial charge in [-0.2, -0.15) is 0 Å². The molecule has 0 aromatic carbocycles. The Morgan fingerprint density at radius 1 is 0.609 bits per heavy atom. The van der Waals surface area contributed by atoms with E-state index >= 15 is 0 Å². The molecule has 132 valence electrons. The van der Waals surface area contributed by atoms with Crippen LogP contribution in [0.2, 0.25) is 0 Å². The third kappa shape index (κ3) is 15.5. The number of aliphatic imine (C=N–C) groups is 2. The van der Waals surface area contributed by atoms with Crippen molar-refractivity contribution in [1.82, 2.24) is 9.80 Å². The average molecular weight is 351 g/mol. The maximum Gasteiger partial charge on any atom is 2.00 e. The summed E-state index contributed by atoms with van der Waals surface area (Å²) >= 11 is 0. The Labute approximate surface area is 175 Å². The second-order valence-electron chi connectivity index (χ2n) is 6.34. The second-order valence-corrected chi connectivity index (χ2v) is 6.34. The molecular weight excluding hydrogens is 312 g/mol. The maximum atomic E-state index is 4.09. The van der Waals surface area contributed by atoms with Crippen LogP contribution < -0.4 is 0 Å². The third-order valence-corrected chi connectivity index (χ3v) is 2.91. The van der Waals surface area contributed by atoms with Gasteiger partial charge in [-0.25, -0.2) is 0 Å². The maximum absolute atomic E-state index is 4.09. The minimum atomic E-state index is 0. The van der Waals surface area contributed by atoms with Crippen LogP contribution in [0.4, 0.5) is 0 Å². The first kappa shape index (κ1) is 28.0. The molecule has 0 atom stereocenters. The average Bonchev–Trinajstić information content (AvgIpc) is 2.38. The number of nitrogens with zero attached hydrogens (tertiary/aromatic N) is 4. The van der Waals surface area contributed by atoms with Gasteiger partial charge < -0.3 is 19.8 Å². The van der Waals surface area contributed by atoms with E-state index in [1.54, 1.807) is 0 Å². The molecule has 0 aromatic heterocycles. The third-order valence-electron chi connectivity index (χ3n) is 2.91. The van der Waals surface area contributed by atoms with Gasteiger partial charge in [-0.05, 0) is 106 Å². The Morgan fingerprint density at radius 2 is 0.826 bits per heavy atom. The number of hydrogen-bond donors (Lipinski definition) is 0. The summed E-state index contributed by atoms with van der Waals surface area (Å²) in [7, 11) is 0. The molecule has 0 unspecified atom stereocenters. The van der Waals surface area contributed by atoms with Gasteiger partial charge in [-0.1, -0.05) is 0 Å².